The summed E-state index contributed by atoms with van der Waals surface area (Å²) in [5.41, 5.74) is 0.810. The zero-order chi connectivity index (χ0) is 14.8. The summed E-state index contributed by atoms with van der Waals surface area (Å²) in [6.07, 6.45) is 7.28. The van der Waals surface area contributed by atoms with Crippen LogP contribution in [0.1, 0.15) is 45.4 Å². The van der Waals surface area contributed by atoms with E-state index in [-0.39, 0.29) is 11.5 Å². The van der Waals surface area contributed by atoms with E-state index in [2.05, 4.69) is 17.9 Å². The minimum atomic E-state index is -0.935. The normalized spacial score (nSPS) is 14.8. The molecule has 108 valence electrons. The van der Waals surface area contributed by atoms with E-state index < -0.39 is 5.97 Å². The third-order valence-electron chi connectivity index (χ3n) is 3.10. The first-order chi connectivity index (χ1) is 8.88. The quantitative estimate of drug-likeness (QED) is 0.627. The number of aliphatic carboxylic acids is 1. The first kappa shape index (κ1) is 17.4. The van der Waals surface area contributed by atoms with Gasteiger partial charge in [-0.05, 0) is 19.3 Å². The summed E-state index contributed by atoms with van der Waals surface area (Å²) in [5, 5.41) is 7.89. The number of esters is 1. The number of carboxylic acids is 1. The highest BCUT2D eigenvalue weighted by atomic mass is 16.5. The fourth-order valence-electron chi connectivity index (χ4n) is 1.97. The molecule has 0 heterocycles. The molecule has 0 radical (unpaired) electrons. The summed E-state index contributed by atoms with van der Waals surface area (Å²) < 4.78 is 4.62. The van der Waals surface area contributed by atoms with Crippen molar-refractivity contribution in [1.82, 2.24) is 0 Å². The Morgan fingerprint density at radius 3 is 2.05 bits per heavy atom. The lowest BCUT2D eigenvalue weighted by Gasteiger charge is -2.21. The van der Waals surface area contributed by atoms with Crippen LogP contribution in [0.3, 0.4) is 0 Å². The molecule has 1 saturated carbocycles. The summed E-state index contributed by atoms with van der Waals surface area (Å²) in [5.74, 6) is -0.513. The Morgan fingerprint density at radius 2 is 1.68 bits per heavy atom. The van der Waals surface area contributed by atoms with E-state index in [1.807, 2.05) is 0 Å². The maximum absolute atomic E-state index is 11.1. The van der Waals surface area contributed by atoms with Crippen molar-refractivity contribution in [2.45, 2.75) is 45.4 Å². The average molecular weight is 268 g/mol. The molecule has 4 heteroatoms. The molecule has 0 saturated heterocycles. The Hall–Kier alpha value is -1.58. The number of hydrogen-bond acceptors (Lipinski definition) is 3. The molecule has 4 nitrogen and oxygen atoms in total. The zero-order valence-corrected chi connectivity index (χ0v) is 11.9. The van der Waals surface area contributed by atoms with Gasteiger partial charge in [-0.1, -0.05) is 45.3 Å². The van der Waals surface area contributed by atoms with Crippen LogP contribution in [0.2, 0.25) is 0 Å². The minimum Gasteiger partial charge on any atom is -0.478 e. The SMILES string of the molecule is C=C(C)C(=O)O.C=C(CC1CCCCC1)C(=O)OC. The molecular weight excluding hydrogens is 244 g/mol. The van der Waals surface area contributed by atoms with Crippen molar-refractivity contribution in [3.8, 4) is 0 Å². The third kappa shape index (κ3) is 8.19. The van der Waals surface area contributed by atoms with Gasteiger partial charge in [-0.25, -0.2) is 9.59 Å². The molecular formula is C15H24O4. The second-order valence-electron chi connectivity index (χ2n) is 4.89. The van der Waals surface area contributed by atoms with Gasteiger partial charge < -0.3 is 9.84 Å². The molecule has 1 rings (SSSR count). The van der Waals surface area contributed by atoms with Crippen LogP contribution in [-0.4, -0.2) is 24.2 Å². The van der Waals surface area contributed by atoms with Crippen LogP contribution < -0.4 is 0 Å². The lowest BCUT2D eigenvalue weighted by atomic mass is 9.85. The van der Waals surface area contributed by atoms with Crippen molar-refractivity contribution in [1.29, 1.82) is 0 Å². The van der Waals surface area contributed by atoms with Gasteiger partial charge in [0, 0.05) is 11.1 Å². The summed E-state index contributed by atoms with van der Waals surface area (Å²) in [6, 6.07) is 0. The summed E-state index contributed by atoms with van der Waals surface area (Å²) in [7, 11) is 1.41. The Balaban J connectivity index is 0.000000459. The second-order valence-corrected chi connectivity index (χ2v) is 4.89. The molecule has 1 N–H and O–H groups in total. The van der Waals surface area contributed by atoms with Gasteiger partial charge in [0.2, 0.25) is 0 Å². The smallest absolute Gasteiger partial charge is 0.333 e. The predicted molar refractivity (Wildman–Crippen MR) is 74.8 cm³/mol. The molecule has 1 aliphatic carbocycles. The van der Waals surface area contributed by atoms with Gasteiger partial charge in [-0.3, -0.25) is 0 Å². The van der Waals surface area contributed by atoms with Crippen molar-refractivity contribution in [2.24, 2.45) is 5.92 Å². The first-order valence-corrected chi connectivity index (χ1v) is 6.53. The molecule has 1 fully saturated rings. The molecule has 1 aliphatic rings. The van der Waals surface area contributed by atoms with E-state index in [0.717, 1.165) is 6.42 Å². The molecule has 0 aromatic carbocycles. The highest BCUT2D eigenvalue weighted by Crippen LogP contribution is 2.28. The first-order valence-electron chi connectivity index (χ1n) is 6.53. The zero-order valence-electron chi connectivity index (χ0n) is 11.9. The van der Waals surface area contributed by atoms with E-state index in [0.29, 0.717) is 11.5 Å². The minimum absolute atomic E-state index is 0.176. The third-order valence-corrected chi connectivity index (χ3v) is 3.10. The average Bonchev–Trinajstić information content (AvgIpc) is 2.39. The highest BCUT2D eigenvalue weighted by Gasteiger charge is 2.17. The van der Waals surface area contributed by atoms with E-state index in [9.17, 15) is 9.59 Å². The monoisotopic (exact) mass is 268 g/mol. The van der Waals surface area contributed by atoms with Crippen LogP contribution >= 0.6 is 0 Å². The maximum Gasteiger partial charge on any atom is 0.333 e. The number of carbonyl (C=O) groups excluding carboxylic acids is 1. The van der Waals surface area contributed by atoms with Crippen LogP contribution in [0.15, 0.2) is 24.3 Å². The largest absolute Gasteiger partial charge is 0.478 e. The molecule has 0 atom stereocenters. The van der Waals surface area contributed by atoms with E-state index >= 15 is 0 Å². The van der Waals surface area contributed by atoms with Crippen LogP contribution in [0.25, 0.3) is 0 Å². The summed E-state index contributed by atoms with van der Waals surface area (Å²) in [6.45, 7) is 8.35. The highest BCUT2D eigenvalue weighted by molar-refractivity contribution is 5.87. The molecule has 0 aliphatic heterocycles. The van der Waals surface area contributed by atoms with Crippen LogP contribution in [-0.2, 0) is 14.3 Å². The standard InChI is InChI=1S/C11H18O2.C4H6O2/c1-9(11(12)13-2)8-10-6-4-3-5-7-10;1-3(2)4(5)6/h10H,1,3-8H2,2H3;1H2,2H3,(H,5,6). The van der Waals surface area contributed by atoms with E-state index in [1.54, 1.807) is 0 Å². The van der Waals surface area contributed by atoms with Crippen molar-refractivity contribution in [2.75, 3.05) is 7.11 Å². The van der Waals surface area contributed by atoms with Gasteiger partial charge >= 0.3 is 11.9 Å². The van der Waals surface area contributed by atoms with Gasteiger partial charge in [0.15, 0.2) is 0 Å². The number of hydrogen-bond donors (Lipinski definition) is 1. The number of carboxylic acid groups (broad SMARTS) is 1. The molecule has 19 heavy (non-hydrogen) atoms. The second kappa shape index (κ2) is 9.36. The van der Waals surface area contributed by atoms with Crippen molar-refractivity contribution in [3.05, 3.63) is 24.3 Å². The molecule has 0 spiro atoms. The lowest BCUT2D eigenvalue weighted by molar-refractivity contribution is -0.136. The molecule has 0 bridgehead atoms. The molecule has 0 unspecified atom stereocenters. The van der Waals surface area contributed by atoms with Crippen molar-refractivity contribution < 1.29 is 19.4 Å². The number of methoxy groups -OCH3 is 1. The van der Waals surface area contributed by atoms with Crippen molar-refractivity contribution >= 4 is 11.9 Å². The number of carbonyl (C=O) groups is 2. The fourth-order valence-corrected chi connectivity index (χ4v) is 1.97. The molecule has 0 aromatic rings. The Bertz CT molecular complexity index is 326. The number of rotatable bonds is 4. The maximum atomic E-state index is 11.1. The molecule has 0 aromatic heterocycles. The van der Waals surface area contributed by atoms with Gasteiger partial charge in [0.05, 0.1) is 7.11 Å². The molecule has 0 amide bonds. The fraction of sp³-hybridized carbons (Fsp3) is 0.600. The Kier molecular flexibility index (Phi) is 8.58. The van der Waals surface area contributed by atoms with E-state index in [4.69, 9.17) is 5.11 Å². The summed E-state index contributed by atoms with van der Waals surface area (Å²) >= 11 is 0. The Labute approximate surface area is 115 Å². The Morgan fingerprint density at radius 1 is 1.21 bits per heavy atom. The predicted octanol–water partition coefficient (Wildman–Crippen LogP) is 3.33. The summed E-state index contributed by atoms with van der Waals surface area (Å²) in [4.78, 5) is 20.7. The van der Waals surface area contributed by atoms with E-state index in [1.165, 1.54) is 46.1 Å². The van der Waals surface area contributed by atoms with Crippen molar-refractivity contribution in [3.63, 3.8) is 0 Å². The van der Waals surface area contributed by atoms with Gasteiger partial charge in [0.25, 0.3) is 0 Å². The lowest BCUT2D eigenvalue weighted by Crippen LogP contribution is -2.11. The van der Waals surface area contributed by atoms with Gasteiger partial charge in [-0.15, -0.1) is 0 Å². The van der Waals surface area contributed by atoms with Gasteiger partial charge in [0.1, 0.15) is 0 Å². The topological polar surface area (TPSA) is 63.6 Å². The van der Waals surface area contributed by atoms with Crippen LogP contribution in [0.4, 0.5) is 0 Å². The van der Waals surface area contributed by atoms with Crippen LogP contribution in [0.5, 0.6) is 0 Å². The van der Waals surface area contributed by atoms with Gasteiger partial charge in [-0.2, -0.15) is 0 Å². The number of ether oxygens (including phenoxy) is 1. The van der Waals surface area contributed by atoms with Crippen LogP contribution in [0, 0.1) is 5.92 Å².